The SMILES string of the molecule is Cc1ccc(-c2nc3cc(C)ccn3c2C(C)C(N)=S)c(C)c1. The lowest BCUT2D eigenvalue weighted by Gasteiger charge is -2.14. The molecule has 2 N–H and O–H groups in total. The summed E-state index contributed by atoms with van der Waals surface area (Å²) in [5, 5.41) is 0. The zero-order chi connectivity index (χ0) is 16.7. The van der Waals surface area contributed by atoms with Crippen molar-refractivity contribution in [1.29, 1.82) is 0 Å². The molecule has 3 rings (SSSR count). The van der Waals surface area contributed by atoms with Crippen LogP contribution in [-0.4, -0.2) is 14.4 Å². The summed E-state index contributed by atoms with van der Waals surface area (Å²) in [4.78, 5) is 5.37. The van der Waals surface area contributed by atoms with Crippen molar-refractivity contribution in [2.45, 2.75) is 33.6 Å². The van der Waals surface area contributed by atoms with E-state index in [1.807, 2.05) is 6.92 Å². The van der Waals surface area contributed by atoms with Gasteiger partial charge in [0.05, 0.1) is 16.4 Å². The summed E-state index contributed by atoms with van der Waals surface area (Å²) >= 11 is 5.25. The van der Waals surface area contributed by atoms with E-state index < -0.39 is 0 Å². The van der Waals surface area contributed by atoms with Crippen LogP contribution in [0.5, 0.6) is 0 Å². The highest BCUT2D eigenvalue weighted by atomic mass is 32.1. The van der Waals surface area contributed by atoms with E-state index in [4.69, 9.17) is 22.9 Å². The van der Waals surface area contributed by atoms with Crippen LogP contribution in [0.2, 0.25) is 0 Å². The van der Waals surface area contributed by atoms with Crippen molar-refractivity contribution in [1.82, 2.24) is 9.38 Å². The Kier molecular flexibility index (Phi) is 3.94. The number of imidazole rings is 1. The van der Waals surface area contributed by atoms with Gasteiger partial charge in [-0.25, -0.2) is 4.98 Å². The lowest BCUT2D eigenvalue weighted by molar-refractivity contribution is 0.928. The van der Waals surface area contributed by atoms with E-state index >= 15 is 0 Å². The zero-order valence-corrected chi connectivity index (χ0v) is 14.7. The molecule has 1 unspecified atom stereocenters. The summed E-state index contributed by atoms with van der Waals surface area (Å²) < 4.78 is 2.10. The molecular formula is C19H21N3S. The third-order valence-corrected chi connectivity index (χ3v) is 4.65. The highest BCUT2D eigenvalue weighted by molar-refractivity contribution is 7.80. The number of nitrogens with zero attached hydrogens (tertiary/aromatic N) is 2. The largest absolute Gasteiger partial charge is 0.393 e. The van der Waals surface area contributed by atoms with E-state index in [2.05, 4.69) is 61.7 Å². The second-order valence-corrected chi connectivity index (χ2v) is 6.69. The van der Waals surface area contributed by atoms with Gasteiger partial charge in [-0.1, -0.05) is 42.9 Å². The molecule has 2 aromatic heterocycles. The fraction of sp³-hybridized carbons (Fsp3) is 0.263. The second kappa shape index (κ2) is 5.78. The molecule has 0 saturated heterocycles. The van der Waals surface area contributed by atoms with Crippen molar-refractivity contribution in [3.8, 4) is 11.3 Å². The Labute approximate surface area is 142 Å². The van der Waals surface area contributed by atoms with Crippen molar-refractivity contribution in [2.24, 2.45) is 5.73 Å². The smallest absolute Gasteiger partial charge is 0.137 e. The Morgan fingerprint density at radius 2 is 1.83 bits per heavy atom. The molecule has 0 saturated carbocycles. The van der Waals surface area contributed by atoms with E-state index in [9.17, 15) is 0 Å². The van der Waals surface area contributed by atoms with Crippen LogP contribution in [0.4, 0.5) is 0 Å². The molecule has 3 nitrogen and oxygen atoms in total. The first-order chi connectivity index (χ1) is 10.9. The molecule has 4 heteroatoms. The molecule has 0 aliphatic rings. The quantitative estimate of drug-likeness (QED) is 0.730. The lowest BCUT2D eigenvalue weighted by Crippen LogP contribution is -2.18. The number of pyridine rings is 1. The molecule has 0 spiro atoms. The van der Waals surface area contributed by atoms with Gasteiger partial charge in [0, 0.05) is 17.7 Å². The monoisotopic (exact) mass is 323 g/mol. The molecule has 2 heterocycles. The number of hydrogen-bond acceptors (Lipinski definition) is 2. The number of aryl methyl sites for hydroxylation is 3. The van der Waals surface area contributed by atoms with Crippen LogP contribution in [0.15, 0.2) is 36.5 Å². The summed E-state index contributed by atoms with van der Waals surface area (Å²) in [5.74, 6) is -0.0431. The maximum Gasteiger partial charge on any atom is 0.137 e. The van der Waals surface area contributed by atoms with Crippen LogP contribution in [0, 0.1) is 20.8 Å². The first kappa shape index (κ1) is 15.7. The average Bonchev–Trinajstić information content (AvgIpc) is 2.84. The molecule has 1 atom stereocenters. The van der Waals surface area contributed by atoms with Gasteiger partial charge in [-0.15, -0.1) is 0 Å². The van der Waals surface area contributed by atoms with E-state index in [0.717, 1.165) is 22.6 Å². The number of fused-ring (bicyclic) bond motifs is 1. The summed E-state index contributed by atoms with van der Waals surface area (Å²) in [6, 6.07) is 10.6. The molecule has 0 radical (unpaired) electrons. The van der Waals surface area contributed by atoms with E-state index in [1.165, 1.54) is 16.7 Å². The Hall–Kier alpha value is -2.20. The van der Waals surface area contributed by atoms with E-state index in [1.54, 1.807) is 0 Å². The van der Waals surface area contributed by atoms with Crippen LogP contribution >= 0.6 is 12.2 Å². The predicted molar refractivity (Wildman–Crippen MR) is 100 cm³/mol. The van der Waals surface area contributed by atoms with Crippen LogP contribution in [-0.2, 0) is 0 Å². The van der Waals surface area contributed by atoms with Gasteiger partial charge in [0.1, 0.15) is 5.65 Å². The number of rotatable bonds is 3. The molecule has 3 aromatic rings. The standard InChI is InChI=1S/C19H21N3S/c1-11-5-6-15(13(3)9-11)17-18(14(4)19(20)23)22-8-7-12(2)10-16(22)21-17/h5-10,14H,1-4H3,(H2,20,23). The molecule has 23 heavy (non-hydrogen) atoms. The molecule has 0 fully saturated rings. The number of benzene rings is 1. The van der Waals surface area contributed by atoms with E-state index in [-0.39, 0.29) is 5.92 Å². The maximum absolute atomic E-state index is 5.95. The maximum atomic E-state index is 5.95. The lowest BCUT2D eigenvalue weighted by atomic mass is 9.97. The van der Waals surface area contributed by atoms with Gasteiger partial charge in [0.25, 0.3) is 0 Å². The Bertz CT molecular complexity index is 908. The highest BCUT2D eigenvalue weighted by Gasteiger charge is 2.22. The molecule has 0 amide bonds. The van der Waals surface area contributed by atoms with Crippen LogP contribution < -0.4 is 5.73 Å². The number of nitrogens with two attached hydrogens (primary N) is 1. The van der Waals surface area contributed by atoms with Crippen molar-refractivity contribution in [2.75, 3.05) is 0 Å². The normalized spacial score (nSPS) is 12.5. The van der Waals surface area contributed by atoms with Crippen LogP contribution in [0.1, 0.15) is 35.2 Å². The zero-order valence-electron chi connectivity index (χ0n) is 13.9. The highest BCUT2D eigenvalue weighted by Crippen LogP contribution is 2.32. The Morgan fingerprint density at radius 1 is 1.13 bits per heavy atom. The Morgan fingerprint density at radius 3 is 2.48 bits per heavy atom. The number of hydrogen-bond donors (Lipinski definition) is 1. The van der Waals surface area contributed by atoms with Gasteiger partial charge in [0.2, 0.25) is 0 Å². The first-order valence-corrected chi connectivity index (χ1v) is 8.15. The molecule has 0 aliphatic heterocycles. The van der Waals surface area contributed by atoms with Crippen molar-refractivity contribution in [3.05, 3.63) is 58.9 Å². The minimum atomic E-state index is -0.0431. The summed E-state index contributed by atoms with van der Waals surface area (Å²) in [7, 11) is 0. The fourth-order valence-corrected chi connectivity index (χ4v) is 3.10. The third kappa shape index (κ3) is 2.75. The van der Waals surface area contributed by atoms with Gasteiger partial charge >= 0.3 is 0 Å². The third-order valence-electron chi connectivity index (χ3n) is 4.29. The second-order valence-electron chi connectivity index (χ2n) is 6.22. The average molecular weight is 323 g/mol. The molecule has 118 valence electrons. The van der Waals surface area contributed by atoms with Gasteiger partial charge in [-0.2, -0.15) is 0 Å². The molecule has 1 aromatic carbocycles. The van der Waals surface area contributed by atoms with Gasteiger partial charge in [-0.05, 0) is 44.0 Å². The van der Waals surface area contributed by atoms with Crippen molar-refractivity contribution < 1.29 is 0 Å². The minimum absolute atomic E-state index is 0.0431. The molecule has 0 bridgehead atoms. The first-order valence-electron chi connectivity index (χ1n) is 7.74. The Balaban J connectivity index is 2.34. The number of thiocarbonyl (C=S) groups is 1. The van der Waals surface area contributed by atoms with Crippen LogP contribution in [0.3, 0.4) is 0 Å². The topological polar surface area (TPSA) is 43.3 Å². The van der Waals surface area contributed by atoms with E-state index in [0.29, 0.717) is 4.99 Å². The van der Waals surface area contributed by atoms with Crippen LogP contribution in [0.25, 0.3) is 16.9 Å². The fourth-order valence-electron chi connectivity index (χ4n) is 2.99. The van der Waals surface area contributed by atoms with Gasteiger partial charge < -0.3 is 10.1 Å². The van der Waals surface area contributed by atoms with Crippen molar-refractivity contribution >= 4 is 22.9 Å². The molecule has 0 aliphatic carbocycles. The number of aromatic nitrogens is 2. The molecular weight excluding hydrogens is 302 g/mol. The van der Waals surface area contributed by atoms with Gasteiger partial charge in [-0.3, -0.25) is 0 Å². The summed E-state index contributed by atoms with van der Waals surface area (Å²) in [6.07, 6.45) is 2.05. The summed E-state index contributed by atoms with van der Waals surface area (Å²) in [6.45, 7) is 8.33. The van der Waals surface area contributed by atoms with Gasteiger partial charge in [0.15, 0.2) is 0 Å². The predicted octanol–water partition coefficient (Wildman–Crippen LogP) is 4.32. The summed E-state index contributed by atoms with van der Waals surface area (Å²) in [5.41, 5.74) is 13.7. The minimum Gasteiger partial charge on any atom is -0.393 e. The van der Waals surface area contributed by atoms with Crippen molar-refractivity contribution in [3.63, 3.8) is 0 Å².